The Labute approximate surface area is 168 Å². The second-order valence-electron chi connectivity index (χ2n) is 7.25. The van der Waals surface area contributed by atoms with Gasteiger partial charge in [0.2, 0.25) is 0 Å². The van der Waals surface area contributed by atoms with Crippen LogP contribution in [-0.4, -0.2) is 33.3 Å². The van der Waals surface area contributed by atoms with E-state index in [9.17, 15) is 0 Å². The van der Waals surface area contributed by atoms with Crippen molar-refractivity contribution < 1.29 is 4.74 Å². The van der Waals surface area contributed by atoms with Gasteiger partial charge in [0.1, 0.15) is 23.1 Å². The number of para-hydroxylation sites is 1. The molecule has 29 heavy (non-hydrogen) atoms. The maximum atomic E-state index is 6.32. The third kappa shape index (κ3) is 3.52. The number of anilines is 1. The molecular weight excluding hydrogens is 364 g/mol. The molecule has 0 spiro atoms. The number of rotatable bonds is 4. The zero-order valence-corrected chi connectivity index (χ0v) is 15.9. The maximum Gasteiger partial charge on any atom is 0.187 e. The summed E-state index contributed by atoms with van der Waals surface area (Å²) in [6.45, 7) is 1.93. The molecule has 1 aliphatic heterocycles. The predicted molar refractivity (Wildman–Crippen MR) is 113 cm³/mol. The molecule has 0 unspecified atom stereocenters. The quantitative estimate of drug-likeness (QED) is 0.492. The SMILES string of the molecule is Nc1nc([C@@H]2CCCNC2)nc2n[nH]c(-c3ccc(Oc4ccccc4)cc3)c12. The summed E-state index contributed by atoms with van der Waals surface area (Å²) in [5, 5.41) is 11.6. The second kappa shape index (κ2) is 7.52. The van der Waals surface area contributed by atoms with E-state index in [4.69, 9.17) is 10.5 Å². The van der Waals surface area contributed by atoms with E-state index in [2.05, 4.69) is 25.5 Å². The van der Waals surface area contributed by atoms with Gasteiger partial charge in [-0.15, -0.1) is 0 Å². The van der Waals surface area contributed by atoms with E-state index in [1.165, 1.54) is 0 Å². The normalized spacial score (nSPS) is 16.8. The molecule has 0 amide bonds. The highest BCUT2D eigenvalue weighted by molar-refractivity contribution is 5.98. The van der Waals surface area contributed by atoms with Crippen LogP contribution < -0.4 is 15.8 Å². The molecule has 1 fully saturated rings. The van der Waals surface area contributed by atoms with Gasteiger partial charge in [-0.25, -0.2) is 9.97 Å². The first-order valence-electron chi connectivity index (χ1n) is 9.83. The van der Waals surface area contributed by atoms with E-state index < -0.39 is 0 Å². The number of piperidine rings is 1. The Bertz CT molecular complexity index is 1120. The molecule has 2 aromatic carbocycles. The number of nitrogens with one attached hydrogen (secondary N) is 2. The number of nitrogens with two attached hydrogens (primary N) is 1. The van der Waals surface area contributed by atoms with Crippen LogP contribution in [0.5, 0.6) is 11.5 Å². The number of aromatic amines is 1. The lowest BCUT2D eigenvalue weighted by Crippen LogP contribution is -2.29. The van der Waals surface area contributed by atoms with Gasteiger partial charge in [0.15, 0.2) is 5.65 Å². The van der Waals surface area contributed by atoms with Gasteiger partial charge in [-0.05, 0) is 55.8 Å². The number of aromatic nitrogens is 4. The summed E-state index contributed by atoms with van der Waals surface area (Å²) in [6, 6.07) is 17.5. The van der Waals surface area contributed by atoms with Crippen molar-refractivity contribution in [1.82, 2.24) is 25.5 Å². The summed E-state index contributed by atoms with van der Waals surface area (Å²) >= 11 is 0. The summed E-state index contributed by atoms with van der Waals surface area (Å²) in [4.78, 5) is 9.28. The van der Waals surface area contributed by atoms with Crippen LogP contribution >= 0.6 is 0 Å². The Morgan fingerprint density at radius 3 is 2.52 bits per heavy atom. The molecule has 4 N–H and O–H groups in total. The van der Waals surface area contributed by atoms with E-state index in [-0.39, 0.29) is 5.92 Å². The van der Waals surface area contributed by atoms with Gasteiger partial charge >= 0.3 is 0 Å². The second-order valence-corrected chi connectivity index (χ2v) is 7.25. The number of nitrogen functional groups attached to an aromatic ring is 1. The number of nitrogens with zero attached hydrogens (tertiary/aromatic N) is 3. The fraction of sp³-hybridized carbons (Fsp3) is 0.227. The molecule has 146 valence electrons. The lowest BCUT2D eigenvalue weighted by atomic mass is 9.98. The monoisotopic (exact) mass is 386 g/mol. The molecule has 7 heteroatoms. The van der Waals surface area contributed by atoms with Gasteiger partial charge in [-0.2, -0.15) is 5.10 Å². The molecule has 5 rings (SSSR count). The van der Waals surface area contributed by atoms with Crippen LogP contribution in [0, 0.1) is 0 Å². The molecule has 4 aromatic rings. The molecule has 7 nitrogen and oxygen atoms in total. The molecule has 0 aliphatic carbocycles. The highest BCUT2D eigenvalue weighted by atomic mass is 16.5. The Morgan fingerprint density at radius 2 is 1.76 bits per heavy atom. The summed E-state index contributed by atoms with van der Waals surface area (Å²) in [5.41, 5.74) is 8.70. The summed E-state index contributed by atoms with van der Waals surface area (Å²) < 4.78 is 5.86. The van der Waals surface area contributed by atoms with Crippen LogP contribution in [0.4, 0.5) is 5.82 Å². The summed E-state index contributed by atoms with van der Waals surface area (Å²) in [5.74, 6) is 3.08. The van der Waals surface area contributed by atoms with E-state index in [0.29, 0.717) is 11.5 Å². The topological polar surface area (TPSA) is 102 Å². The van der Waals surface area contributed by atoms with Gasteiger partial charge in [0.05, 0.1) is 11.1 Å². The average molecular weight is 386 g/mol. The number of benzene rings is 2. The van der Waals surface area contributed by atoms with Crippen LogP contribution in [0.25, 0.3) is 22.3 Å². The van der Waals surface area contributed by atoms with Crippen LogP contribution in [-0.2, 0) is 0 Å². The third-order valence-corrected chi connectivity index (χ3v) is 5.24. The highest BCUT2D eigenvalue weighted by Crippen LogP contribution is 2.32. The number of fused-ring (bicyclic) bond motifs is 1. The van der Waals surface area contributed by atoms with Crippen LogP contribution in [0.3, 0.4) is 0 Å². The first kappa shape index (κ1) is 17.6. The Kier molecular flexibility index (Phi) is 4.57. The lowest BCUT2D eigenvalue weighted by Gasteiger charge is -2.21. The molecule has 1 saturated heterocycles. The molecule has 0 saturated carbocycles. The molecule has 0 bridgehead atoms. The van der Waals surface area contributed by atoms with E-state index in [1.807, 2.05) is 54.6 Å². The van der Waals surface area contributed by atoms with Crippen molar-refractivity contribution in [2.24, 2.45) is 0 Å². The molecular formula is C22H22N6O. The highest BCUT2D eigenvalue weighted by Gasteiger charge is 2.21. The summed E-state index contributed by atoms with van der Waals surface area (Å²) in [7, 11) is 0. The first-order valence-corrected chi connectivity index (χ1v) is 9.83. The maximum absolute atomic E-state index is 6.32. The Morgan fingerprint density at radius 1 is 0.966 bits per heavy atom. The first-order chi connectivity index (χ1) is 14.3. The van der Waals surface area contributed by atoms with Crippen LogP contribution in [0.2, 0.25) is 0 Å². The van der Waals surface area contributed by atoms with Crippen molar-refractivity contribution in [1.29, 1.82) is 0 Å². The Hall–Kier alpha value is -3.45. The van der Waals surface area contributed by atoms with Crippen molar-refractivity contribution in [3.8, 4) is 22.8 Å². The molecule has 2 aromatic heterocycles. The minimum absolute atomic E-state index is 0.282. The number of ether oxygens (including phenoxy) is 1. The average Bonchev–Trinajstić information content (AvgIpc) is 3.20. The smallest absolute Gasteiger partial charge is 0.187 e. The lowest BCUT2D eigenvalue weighted by molar-refractivity contribution is 0.447. The number of hydrogen-bond acceptors (Lipinski definition) is 6. The fourth-order valence-electron chi connectivity index (χ4n) is 3.75. The molecule has 3 heterocycles. The summed E-state index contributed by atoms with van der Waals surface area (Å²) in [6.07, 6.45) is 2.19. The van der Waals surface area contributed by atoms with Crippen LogP contribution in [0.15, 0.2) is 54.6 Å². The number of hydrogen-bond donors (Lipinski definition) is 3. The van der Waals surface area contributed by atoms with Crippen LogP contribution in [0.1, 0.15) is 24.6 Å². The van der Waals surface area contributed by atoms with Gasteiger partial charge < -0.3 is 15.8 Å². The third-order valence-electron chi connectivity index (χ3n) is 5.24. The van der Waals surface area contributed by atoms with Crippen molar-refractivity contribution in [3.05, 3.63) is 60.4 Å². The molecule has 1 aliphatic rings. The predicted octanol–water partition coefficient (Wildman–Crippen LogP) is 3.86. The minimum atomic E-state index is 0.282. The fourth-order valence-corrected chi connectivity index (χ4v) is 3.75. The minimum Gasteiger partial charge on any atom is -0.457 e. The van der Waals surface area contributed by atoms with Crippen molar-refractivity contribution in [2.45, 2.75) is 18.8 Å². The van der Waals surface area contributed by atoms with Gasteiger partial charge in [-0.1, -0.05) is 18.2 Å². The Balaban J connectivity index is 1.44. The van der Waals surface area contributed by atoms with Crippen molar-refractivity contribution in [2.75, 3.05) is 18.8 Å². The zero-order chi connectivity index (χ0) is 19.6. The zero-order valence-electron chi connectivity index (χ0n) is 15.9. The molecule has 0 radical (unpaired) electrons. The van der Waals surface area contributed by atoms with Gasteiger partial charge in [0.25, 0.3) is 0 Å². The van der Waals surface area contributed by atoms with Crippen molar-refractivity contribution in [3.63, 3.8) is 0 Å². The van der Waals surface area contributed by atoms with E-state index in [0.717, 1.165) is 59.9 Å². The van der Waals surface area contributed by atoms with Crippen molar-refractivity contribution >= 4 is 16.9 Å². The van der Waals surface area contributed by atoms with Gasteiger partial charge in [0, 0.05) is 18.0 Å². The van der Waals surface area contributed by atoms with Gasteiger partial charge in [-0.3, -0.25) is 5.10 Å². The molecule has 1 atom stereocenters. The van der Waals surface area contributed by atoms with E-state index >= 15 is 0 Å². The number of H-pyrrole nitrogens is 1. The largest absolute Gasteiger partial charge is 0.457 e. The van der Waals surface area contributed by atoms with E-state index in [1.54, 1.807) is 0 Å². The standard InChI is InChI=1S/C22H22N6O/c23-20-18-19(14-8-10-17(11-9-14)29-16-6-2-1-3-7-16)27-28-22(18)26-21(25-20)15-5-4-12-24-13-15/h1-3,6-11,15,24H,4-5,12-13H2,(H3,23,25,26,27,28)/t15-/m1/s1.